The SMILES string of the molecule is NC1=NC(c2ccc(Br)cc2)C=C(c2ccccc2)O1. The summed E-state index contributed by atoms with van der Waals surface area (Å²) < 4.78 is 6.57. The number of nitrogens with zero attached hydrogens (tertiary/aromatic N) is 1. The normalized spacial score (nSPS) is 17.9. The topological polar surface area (TPSA) is 47.6 Å². The van der Waals surface area contributed by atoms with Gasteiger partial charge in [0, 0.05) is 10.0 Å². The predicted octanol–water partition coefficient (Wildman–Crippen LogP) is 3.88. The molecule has 2 aromatic rings. The van der Waals surface area contributed by atoms with Crippen molar-refractivity contribution in [3.63, 3.8) is 0 Å². The summed E-state index contributed by atoms with van der Waals surface area (Å²) in [5.74, 6) is 0.742. The van der Waals surface area contributed by atoms with Gasteiger partial charge in [0.15, 0.2) is 0 Å². The highest BCUT2D eigenvalue weighted by atomic mass is 79.9. The van der Waals surface area contributed by atoms with Crippen molar-refractivity contribution < 1.29 is 4.74 Å². The van der Waals surface area contributed by atoms with Gasteiger partial charge in [0.1, 0.15) is 11.8 Å². The maximum absolute atomic E-state index is 5.80. The molecule has 3 nitrogen and oxygen atoms in total. The van der Waals surface area contributed by atoms with Crippen molar-refractivity contribution in [2.24, 2.45) is 10.7 Å². The van der Waals surface area contributed by atoms with Gasteiger partial charge in [0.25, 0.3) is 6.02 Å². The molecule has 0 fully saturated rings. The van der Waals surface area contributed by atoms with Crippen LogP contribution < -0.4 is 5.73 Å². The van der Waals surface area contributed by atoms with E-state index in [2.05, 4.69) is 20.9 Å². The second-order valence-electron chi connectivity index (χ2n) is 4.46. The Morgan fingerprint density at radius 3 is 2.40 bits per heavy atom. The molecule has 20 heavy (non-hydrogen) atoms. The van der Waals surface area contributed by atoms with Gasteiger partial charge in [-0.25, -0.2) is 4.99 Å². The molecular weight excluding hydrogens is 316 g/mol. The van der Waals surface area contributed by atoms with Crippen molar-refractivity contribution in [2.75, 3.05) is 0 Å². The zero-order valence-electron chi connectivity index (χ0n) is 10.7. The molecule has 1 aliphatic rings. The summed E-state index contributed by atoms with van der Waals surface area (Å²) in [5.41, 5.74) is 7.87. The van der Waals surface area contributed by atoms with E-state index in [1.807, 2.05) is 60.7 Å². The minimum atomic E-state index is -0.118. The van der Waals surface area contributed by atoms with Crippen LogP contribution in [-0.2, 0) is 4.74 Å². The van der Waals surface area contributed by atoms with E-state index in [4.69, 9.17) is 10.5 Å². The van der Waals surface area contributed by atoms with E-state index in [0.717, 1.165) is 21.4 Å². The first-order valence-corrected chi connectivity index (χ1v) is 7.05. The van der Waals surface area contributed by atoms with E-state index in [1.54, 1.807) is 0 Å². The highest BCUT2D eigenvalue weighted by molar-refractivity contribution is 9.10. The van der Waals surface area contributed by atoms with E-state index < -0.39 is 0 Å². The van der Waals surface area contributed by atoms with E-state index in [-0.39, 0.29) is 12.1 Å². The van der Waals surface area contributed by atoms with Crippen LogP contribution in [0.5, 0.6) is 0 Å². The summed E-state index contributed by atoms with van der Waals surface area (Å²) in [4.78, 5) is 4.34. The second kappa shape index (κ2) is 5.51. The van der Waals surface area contributed by atoms with Crippen molar-refractivity contribution >= 4 is 27.7 Å². The maximum Gasteiger partial charge on any atom is 0.288 e. The average Bonchev–Trinajstić information content (AvgIpc) is 2.48. The van der Waals surface area contributed by atoms with E-state index in [9.17, 15) is 0 Å². The lowest BCUT2D eigenvalue weighted by Crippen LogP contribution is -2.20. The largest absolute Gasteiger partial charge is 0.426 e. The third-order valence-electron chi connectivity index (χ3n) is 3.06. The molecule has 100 valence electrons. The molecule has 0 bridgehead atoms. The summed E-state index contributed by atoms with van der Waals surface area (Å²) in [6, 6.07) is 18.0. The molecule has 3 rings (SSSR count). The van der Waals surface area contributed by atoms with Crippen LogP contribution in [0.2, 0.25) is 0 Å². The number of halogens is 1. The van der Waals surface area contributed by atoms with E-state index in [1.165, 1.54) is 0 Å². The summed E-state index contributed by atoms with van der Waals surface area (Å²) in [7, 11) is 0. The first-order valence-electron chi connectivity index (χ1n) is 6.26. The van der Waals surface area contributed by atoms with Crippen LogP contribution >= 0.6 is 15.9 Å². The van der Waals surface area contributed by atoms with Crippen LogP contribution in [0, 0.1) is 0 Å². The number of hydrogen-bond acceptors (Lipinski definition) is 3. The van der Waals surface area contributed by atoms with Crippen LogP contribution in [0.25, 0.3) is 5.76 Å². The first kappa shape index (κ1) is 12.9. The number of nitrogens with two attached hydrogens (primary N) is 1. The Hall–Kier alpha value is -2.07. The number of ether oxygens (including phenoxy) is 1. The van der Waals surface area contributed by atoms with Gasteiger partial charge in [-0.15, -0.1) is 0 Å². The zero-order chi connectivity index (χ0) is 13.9. The average molecular weight is 329 g/mol. The molecule has 0 saturated heterocycles. The lowest BCUT2D eigenvalue weighted by molar-refractivity contribution is 0.476. The summed E-state index contributed by atoms with van der Waals surface area (Å²) in [6.45, 7) is 0. The Balaban J connectivity index is 1.96. The van der Waals surface area contributed by atoms with Gasteiger partial charge in [-0.1, -0.05) is 58.4 Å². The Morgan fingerprint density at radius 1 is 1.00 bits per heavy atom. The molecular formula is C16H13BrN2O. The van der Waals surface area contributed by atoms with Gasteiger partial charge < -0.3 is 10.5 Å². The Bertz CT molecular complexity index is 663. The summed E-state index contributed by atoms with van der Waals surface area (Å²) in [6.07, 6.45) is 1.98. The summed E-state index contributed by atoms with van der Waals surface area (Å²) in [5, 5.41) is 0. The maximum atomic E-state index is 5.80. The number of rotatable bonds is 2. The lowest BCUT2D eigenvalue weighted by atomic mass is 10.0. The van der Waals surface area contributed by atoms with Crippen LogP contribution in [0.3, 0.4) is 0 Å². The molecule has 4 heteroatoms. The first-order chi connectivity index (χ1) is 9.72. The smallest absolute Gasteiger partial charge is 0.288 e. The fraction of sp³-hybridized carbons (Fsp3) is 0.0625. The molecule has 1 heterocycles. The lowest BCUT2D eigenvalue weighted by Gasteiger charge is -2.19. The highest BCUT2D eigenvalue weighted by Crippen LogP contribution is 2.29. The quantitative estimate of drug-likeness (QED) is 0.909. The molecule has 0 aromatic heterocycles. The van der Waals surface area contributed by atoms with Gasteiger partial charge in [-0.2, -0.15) is 0 Å². The number of benzene rings is 2. The highest BCUT2D eigenvalue weighted by Gasteiger charge is 2.18. The van der Waals surface area contributed by atoms with Crippen LogP contribution in [-0.4, -0.2) is 6.02 Å². The molecule has 1 atom stereocenters. The van der Waals surface area contributed by atoms with Crippen molar-refractivity contribution in [1.82, 2.24) is 0 Å². The molecule has 1 aliphatic heterocycles. The van der Waals surface area contributed by atoms with Gasteiger partial charge in [-0.05, 0) is 23.8 Å². The van der Waals surface area contributed by atoms with Crippen LogP contribution in [0.15, 0.2) is 70.1 Å². The number of hydrogen-bond donors (Lipinski definition) is 1. The predicted molar refractivity (Wildman–Crippen MR) is 84.0 cm³/mol. The van der Waals surface area contributed by atoms with Crippen molar-refractivity contribution in [2.45, 2.75) is 6.04 Å². The molecule has 2 N–H and O–H groups in total. The Morgan fingerprint density at radius 2 is 1.70 bits per heavy atom. The molecule has 1 unspecified atom stereocenters. The molecule has 0 aliphatic carbocycles. The van der Waals surface area contributed by atoms with Crippen molar-refractivity contribution in [1.29, 1.82) is 0 Å². The van der Waals surface area contributed by atoms with E-state index in [0.29, 0.717) is 0 Å². The summed E-state index contributed by atoms with van der Waals surface area (Å²) >= 11 is 3.43. The minimum Gasteiger partial charge on any atom is -0.426 e. The molecule has 0 spiro atoms. The Kier molecular flexibility index (Phi) is 3.56. The molecule has 2 aromatic carbocycles. The molecule has 0 radical (unpaired) electrons. The number of aliphatic imine (C=N–C) groups is 1. The third kappa shape index (κ3) is 2.75. The molecule has 0 saturated carbocycles. The zero-order valence-corrected chi connectivity index (χ0v) is 12.2. The monoisotopic (exact) mass is 328 g/mol. The Labute approximate surface area is 125 Å². The van der Waals surface area contributed by atoms with Crippen LogP contribution in [0.1, 0.15) is 17.2 Å². The van der Waals surface area contributed by atoms with E-state index >= 15 is 0 Å². The van der Waals surface area contributed by atoms with Gasteiger partial charge in [0.2, 0.25) is 0 Å². The van der Waals surface area contributed by atoms with Gasteiger partial charge in [-0.3, -0.25) is 0 Å². The van der Waals surface area contributed by atoms with Gasteiger partial charge >= 0.3 is 0 Å². The number of amidine groups is 1. The fourth-order valence-corrected chi connectivity index (χ4v) is 2.34. The molecule has 0 amide bonds. The standard InChI is InChI=1S/C16H13BrN2O/c17-13-8-6-11(7-9-13)14-10-15(20-16(18)19-14)12-4-2-1-3-5-12/h1-10,14H,(H2,18,19). The second-order valence-corrected chi connectivity index (χ2v) is 5.38. The van der Waals surface area contributed by atoms with Crippen molar-refractivity contribution in [3.8, 4) is 0 Å². The minimum absolute atomic E-state index is 0.118. The van der Waals surface area contributed by atoms with Gasteiger partial charge in [0.05, 0.1) is 0 Å². The van der Waals surface area contributed by atoms with Crippen LogP contribution in [0.4, 0.5) is 0 Å². The third-order valence-corrected chi connectivity index (χ3v) is 3.59. The van der Waals surface area contributed by atoms with Crippen molar-refractivity contribution in [3.05, 3.63) is 76.3 Å². The fourth-order valence-electron chi connectivity index (χ4n) is 2.08.